The Hall–Kier alpha value is -2.92. The summed E-state index contributed by atoms with van der Waals surface area (Å²) in [5.41, 5.74) is 2.56. The van der Waals surface area contributed by atoms with Crippen molar-refractivity contribution in [3.8, 4) is 0 Å². The fourth-order valence-corrected chi connectivity index (χ4v) is 3.52. The van der Waals surface area contributed by atoms with E-state index in [1.807, 2.05) is 31.2 Å². The molecule has 0 heterocycles. The molecule has 27 heavy (non-hydrogen) atoms. The second kappa shape index (κ2) is 8.18. The van der Waals surface area contributed by atoms with Gasteiger partial charge in [0, 0.05) is 10.5 Å². The first-order valence-electron chi connectivity index (χ1n) is 8.18. The maximum atomic E-state index is 13.4. The summed E-state index contributed by atoms with van der Waals surface area (Å²) in [7, 11) is 0. The lowest BCUT2D eigenvalue weighted by atomic mass is 9.97. The molecule has 0 aliphatic rings. The minimum absolute atomic E-state index is 0.0806. The highest BCUT2D eigenvalue weighted by Crippen LogP contribution is 2.37. The van der Waals surface area contributed by atoms with Gasteiger partial charge in [-0.25, -0.2) is 13.6 Å². The van der Waals surface area contributed by atoms with Gasteiger partial charge in [-0.1, -0.05) is 53.7 Å². The quantitative estimate of drug-likeness (QED) is 0.440. The molecule has 0 fully saturated rings. The number of thioether (sulfide) groups is 1. The van der Waals surface area contributed by atoms with Crippen LogP contribution in [0.3, 0.4) is 0 Å². The van der Waals surface area contributed by atoms with E-state index in [9.17, 15) is 18.7 Å². The average Bonchev–Trinajstić information content (AvgIpc) is 2.65. The number of halogens is 2. The van der Waals surface area contributed by atoms with Crippen molar-refractivity contribution in [3.05, 3.63) is 106 Å². The van der Waals surface area contributed by atoms with Gasteiger partial charge in [0.15, 0.2) is 0 Å². The zero-order chi connectivity index (χ0) is 19.4. The smallest absolute Gasteiger partial charge is 0.343 e. The van der Waals surface area contributed by atoms with E-state index in [2.05, 4.69) is 0 Å². The fourth-order valence-electron chi connectivity index (χ4n) is 2.59. The van der Waals surface area contributed by atoms with Crippen LogP contribution < -0.4 is 0 Å². The normalized spacial score (nSPS) is 10.5. The highest BCUT2D eigenvalue weighted by Gasteiger charge is 2.20. The van der Waals surface area contributed by atoms with Crippen LogP contribution >= 0.6 is 11.8 Å². The lowest BCUT2D eigenvalue weighted by Gasteiger charge is -2.14. The third kappa shape index (κ3) is 4.63. The second-order valence-corrected chi connectivity index (χ2v) is 7.02. The molecule has 0 aliphatic heterocycles. The van der Waals surface area contributed by atoms with Crippen molar-refractivity contribution in [1.82, 2.24) is 0 Å². The predicted octanol–water partition coefficient (Wildman–Crippen LogP) is 5.91. The second-order valence-electron chi connectivity index (χ2n) is 5.94. The molecular formula is C22H16F2O2S. The highest BCUT2D eigenvalue weighted by molar-refractivity contribution is 8.04. The number of benzene rings is 3. The molecule has 1 N–H and O–H groups in total. The lowest BCUT2D eigenvalue weighted by molar-refractivity contribution is -0.131. The third-order valence-electron chi connectivity index (χ3n) is 3.93. The highest BCUT2D eigenvalue weighted by atomic mass is 32.2. The SMILES string of the molecule is Cc1ccc(SC(C(=O)O)=C(c2ccc(F)cc2)c2ccc(F)cc2)cc1. The fraction of sp³-hybridized carbons (Fsp3) is 0.0455. The Balaban J connectivity index is 2.19. The summed E-state index contributed by atoms with van der Waals surface area (Å²) in [5, 5.41) is 9.86. The number of aryl methyl sites for hydroxylation is 1. The molecule has 3 aromatic carbocycles. The van der Waals surface area contributed by atoms with Gasteiger partial charge >= 0.3 is 5.97 Å². The van der Waals surface area contributed by atoms with Gasteiger partial charge in [0.25, 0.3) is 0 Å². The van der Waals surface area contributed by atoms with Crippen LogP contribution in [0.25, 0.3) is 5.57 Å². The number of aliphatic carboxylic acids is 1. The van der Waals surface area contributed by atoms with Gasteiger partial charge in [0.2, 0.25) is 0 Å². The van der Waals surface area contributed by atoms with Gasteiger partial charge in [-0.05, 0) is 54.4 Å². The topological polar surface area (TPSA) is 37.3 Å². The van der Waals surface area contributed by atoms with Crippen molar-refractivity contribution in [1.29, 1.82) is 0 Å². The zero-order valence-electron chi connectivity index (χ0n) is 14.4. The minimum Gasteiger partial charge on any atom is -0.477 e. The Morgan fingerprint density at radius 3 is 1.63 bits per heavy atom. The number of carboxylic acid groups (broad SMARTS) is 1. The number of hydrogen-bond donors (Lipinski definition) is 1. The molecule has 0 radical (unpaired) electrons. The van der Waals surface area contributed by atoms with E-state index < -0.39 is 17.6 Å². The summed E-state index contributed by atoms with van der Waals surface area (Å²) in [5.74, 6) is -1.94. The monoisotopic (exact) mass is 382 g/mol. The Morgan fingerprint density at radius 2 is 1.22 bits per heavy atom. The van der Waals surface area contributed by atoms with E-state index in [-0.39, 0.29) is 4.91 Å². The van der Waals surface area contributed by atoms with Crippen LogP contribution in [-0.4, -0.2) is 11.1 Å². The van der Waals surface area contributed by atoms with Crippen LogP contribution in [0, 0.1) is 18.6 Å². The average molecular weight is 382 g/mol. The Labute approximate surface area is 160 Å². The molecule has 0 aliphatic carbocycles. The standard InChI is InChI=1S/C22H16F2O2S/c1-14-2-12-19(13-3-14)27-21(22(25)26)20(15-4-8-17(23)9-5-15)16-6-10-18(24)11-7-16/h2-13H,1H3,(H,25,26). The third-order valence-corrected chi connectivity index (χ3v) is 5.02. The zero-order valence-corrected chi connectivity index (χ0v) is 15.3. The molecule has 0 saturated heterocycles. The van der Waals surface area contributed by atoms with Crippen LogP contribution in [-0.2, 0) is 4.79 Å². The summed E-state index contributed by atoms with van der Waals surface area (Å²) < 4.78 is 26.7. The van der Waals surface area contributed by atoms with E-state index in [4.69, 9.17) is 0 Å². The molecule has 0 amide bonds. The van der Waals surface area contributed by atoms with Gasteiger partial charge in [0.05, 0.1) is 0 Å². The van der Waals surface area contributed by atoms with Crippen LogP contribution in [0.1, 0.15) is 16.7 Å². The summed E-state index contributed by atoms with van der Waals surface area (Å²) in [6, 6.07) is 18.7. The van der Waals surface area contributed by atoms with Crippen molar-refractivity contribution in [2.45, 2.75) is 11.8 Å². The lowest BCUT2D eigenvalue weighted by Crippen LogP contribution is -2.03. The largest absolute Gasteiger partial charge is 0.477 e. The van der Waals surface area contributed by atoms with Gasteiger partial charge in [-0.3, -0.25) is 0 Å². The molecule has 0 unspecified atom stereocenters. The van der Waals surface area contributed by atoms with Crippen molar-refractivity contribution in [3.63, 3.8) is 0 Å². The van der Waals surface area contributed by atoms with E-state index in [0.717, 1.165) is 22.2 Å². The minimum atomic E-state index is -1.11. The Morgan fingerprint density at radius 1 is 0.778 bits per heavy atom. The first kappa shape index (κ1) is 18.9. The molecule has 0 bridgehead atoms. The molecule has 5 heteroatoms. The molecule has 136 valence electrons. The maximum absolute atomic E-state index is 13.4. The molecule has 0 saturated carbocycles. The first-order chi connectivity index (χ1) is 12.9. The summed E-state index contributed by atoms with van der Waals surface area (Å²) in [6.45, 7) is 1.95. The van der Waals surface area contributed by atoms with Gasteiger partial charge in [-0.15, -0.1) is 0 Å². The van der Waals surface area contributed by atoms with E-state index in [1.165, 1.54) is 48.5 Å². The number of carboxylic acids is 1. The van der Waals surface area contributed by atoms with Crippen molar-refractivity contribution >= 4 is 23.3 Å². The summed E-state index contributed by atoms with van der Waals surface area (Å²) >= 11 is 1.10. The van der Waals surface area contributed by atoms with Crippen LogP contribution in [0.15, 0.2) is 82.6 Å². The van der Waals surface area contributed by atoms with Gasteiger partial charge < -0.3 is 5.11 Å². The molecular weight excluding hydrogens is 366 g/mol. The Bertz CT molecular complexity index is 929. The molecule has 3 aromatic rings. The van der Waals surface area contributed by atoms with Crippen molar-refractivity contribution < 1.29 is 18.7 Å². The molecule has 3 rings (SSSR count). The van der Waals surface area contributed by atoms with Crippen molar-refractivity contribution in [2.75, 3.05) is 0 Å². The molecule has 2 nitrogen and oxygen atoms in total. The predicted molar refractivity (Wildman–Crippen MR) is 103 cm³/mol. The van der Waals surface area contributed by atoms with Crippen molar-refractivity contribution in [2.24, 2.45) is 0 Å². The van der Waals surface area contributed by atoms with Gasteiger partial charge in [-0.2, -0.15) is 0 Å². The molecule has 0 atom stereocenters. The summed E-state index contributed by atoms with van der Waals surface area (Å²) in [6.07, 6.45) is 0. The first-order valence-corrected chi connectivity index (χ1v) is 8.99. The van der Waals surface area contributed by atoms with E-state index in [1.54, 1.807) is 0 Å². The van der Waals surface area contributed by atoms with E-state index >= 15 is 0 Å². The number of carbonyl (C=O) groups is 1. The van der Waals surface area contributed by atoms with E-state index in [0.29, 0.717) is 16.7 Å². The molecule has 0 spiro atoms. The maximum Gasteiger partial charge on any atom is 0.343 e. The van der Waals surface area contributed by atoms with Crippen LogP contribution in [0.2, 0.25) is 0 Å². The Kier molecular flexibility index (Phi) is 5.72. The van der Waals surface area contributed by atoms with Crippen LogP contribution in [0.4, 0.5) is 8.78 Å². The number of rotatable bonds is 5. The summed E-state index contributed by atoms with van der Waals surface area (Å²) in [4.78, 5) is 12.9. The number of hydrogen-bond acceptors (Lipinski definition) is 2. The van der Waals surface area contributed by atoms with Crippen LogP contribution in [0.5, 0.6) is 0 Å². The molecule has 0 aromatic heterocycles. The van der Waals surface area contributed by atoms with Gasteiger partial charge in [0.1, 0.15) is 16.5 Å².